The number of halogens is 3. The Morgan fingerprint density at radius 1 is 0.848 bits per heavy atom. The van der Waals surface area contributed by atoms with Crippen LogP contribution in [0, 0.1) is 0 Å². The highest BCUT2D eigenvalue weighted by Crippen LogP contribution is 2.30. The Hall–Kier alpha value is -2.84. The van der Waals surface area contributed by atoms with Gasteiger partial charge in [-0.05, 0) is 42.5 Å². The van der Waals surface area contributed by atoms with Gasteiger partial charge in [0.15, 0.2) is 5.16 Å². The van der Waals surface area contributed by atoms with Gasteiger partial charge < -0.3 is 4.98 Å². The van der Waals surface area contributed by atoms with Crippen molar-refractivity contribution in [1.82, 2.24) is 19.5 Å². The number of para-hydroxylation sites is 2. The molecule has 3 aromatic carbocycles. The molecular weight excluding hydrogens is 503 g/mol. The van der Waals surface area contributed by atoms with Crippen LogP contribution < -0.4 is 11.1 Å². The second-order valence-electron chi connectivity index (χ2n) is 7.08. The van der Waals surface area contributed by atoms with Crippen LogP contribution in [-0.2, 0) is 5.75 Å². The molecule has 0 unspecified atom stereocenters. The molecule has 0 aliphatic heterocycles. The second-order valence-corrected chi connectivity index (χ2v) is 9.29. The minimum absolute atomic E-state index is 0.219. The molecular formula is C23H13Cl3N4O2S. The van der Waals surface area contributed by atoms with E-state index in [1.54, 1.807) is 54.6 Å². The smallest absolute Gasteiger partial charge is 0.266 e. The molecule has 2 heterocycles. The molecule has 0 saturated carbocycles. The molecule has 5 aromatic rings. The number of nitrogens with one attached hydrogen (secondary N) is 1. The number of fused-ring (bicyclic) bond motifs is 2. The van der Waals surface area contributed by atoms with Crippen LogP contribution in [-0.4, -0.2) is 19.5 Å². The maximum atomic E-state index is 13.4. The van der Waals surface area contributed by atoms with Crippen LogP contribution in [0.4, 0.5) is 0 Å². The van der Waals surface area contributed by atoms with Crippen molar-refractivity contribution in [3.8, 4) is 5.69 Å². The lowest BCUT2D eigenvalue weighted by molar-refractivity contribution is 0.880. The van der Waals surface area contributed by atoms with Crippen molar-refractivity contribution in [3.05, 3.63) is 102 Å². The van der Waals surface area contributed by atoms with E-state index in [-0.39, 0.29) is 16.9 Å². The van der Waals surface area contributed by atoms with E-state index in [4.69, 9.17) is 39.8 Å². The number of aromatic amines is 1. The summed E-state index contributed by atoms with van der Waals surface area (Å²) < 4.78 is 1.41. The van der Waals surface area contributed by atoms with Crippen molar-refractivity contribution >= 4 is 68.4 Å². The Balaban J connectivity index is 1.65. The van der Waals surface area contributed by atoms with Gasteiger partial charge in [-0.3, -0.25) is 14.2 Å². The van der Waals surface area contributed by atoms with Crippen LogP contribution in [0.1, 0.15) is 5.82 Å². The largest absolute Gasteiger partial charge is 0.301 e. The van der Waals surface area contributed by atoms with Gasteiger partial charge in [0, 0.05) is 5.02 Å². The Morgan fingerprint density at radius 2 is 1.61 bits per heavy atom. The summed E-state index contributed by atoms with van der Waals surface area (Å²) in [6, 6.07) is 17.0. The van der Waals surface area contributed by atoms with E-state index in [0.29, 0.717) is 53.5 Å². The van der Waals surface area contributed by atoms with Crippen molar-refractivity contribution in [2.24, 2.45) is 0 Å². The monoisotopic (exact) mass is 514 g/mol. The summed E-state index contributed by atoms with van der Waals surface area (Å²) in [6.07, 6.45) is 0. The molecule has 6 nitrogen and oxygen atoms in total. The molecule has 1 N–H and O–H groups in total. The number of hydrogen-bond acceptors (Lipinski definition) is 5. The van der Waals surface area contributed by atoms with Crippen molar-refractivity contribution in [1.29, 1.82) is 0 Å². The molecule has 164 valence electrons. The zero-order valence-electron chi connectivity index (χ0n) is 16.7. The lowest BCUT2D eigenvalue weighted by atomic mass is 10.2. The second kappa shape index (κ2) is 8.83. The fraction of sp³-hybridized carbons (Fsp3) is 0.0435. The van der Waals surface area contributed by atoms with Gasteiger partial charge in [0.05, 0.1) is 43.3 Å². The SMILES string of the molecule is O=c1[nH]c(SCc2nc3ccccc3c(=O)n2-c2c(Cl)cccc2Cl)nc2cc(Cl)ccc12. The van der Waals surface area contributed by atoms with Gasteiger partial charge in [-0.2, -0.15) is 0 Å². The Morgan fingerprint density at radius 3 is 2.39 bits per heavy atom. The topological polar surface area (TPSA) is 80.6 Å². The maximum Gasteiger partial charge on any atom is 0.266 e. The predicted molar refractivity (Wildman–Crippen MR) is 134 cm³/mol. The van der Waals surface area contributed by atoms with E-state index >= 15 is 0 Å². The first kappa shape index (κ1) is 22.0. The molecule has 0 radical (unpaired) electrons. The first-order chi connectivity index (χ1) is 15.9. The minimum Gasteiger partial charge on any atom is -0.301 e. The third kappa shape index (κ3) is 4.13. The third-order valence-electron chi connectivity index (χ3n) is 4.99. The van der Waals surface area contributed by atoms with Crippen molar-refractivity contribution in [3.63, 3.8) is 0 Å². The fourth-order valence-corrected chi connectivity index (χ4v) is 5.02. The summed E-state index contributed by atoms with van der Waals surface area (Å²) >= 11 is 20.1. The summed E-state index contributed by atoms with van der Waals surface area (Å²) in [5.74, 6) is 0.629. The quantitative estimate of drug-likeness (QED) is 0.239. The van der Waals surface area contributed by atoms with E-state index in [0.717, 1.165) is 0 Å². The third-order valence-corrected chi connectivity index (χ3v) is 6.71. The zero-order chi connectivity index (χ0) is 23.1. The van der Waals surface area contributed by atoms with Crippen molar-refractivity contribution < 1.29 is 0 Å². The van der Waals surface area contributed by atoms with Gasteiger partial charge in [0.2, 0.25) is 0 Å². The van der Waals surface area contributed by atoms with E-state index in [1.165, 1.54) is 16.3 Å². The van der Waals surface area contributed by atoms with E-state index in [2.05, 4.69) is 9.97 Å². The number of nitrogens with zero attached hydrogens (tertiary/aromatic N) is 3. The number of aromatic nitrogens is 4. The summed E-state index contributed by atoms with van der Waals surface area (Å²) in [6.45, 7) is 0. The average Bonchev–Trinajstić information content (AvgIpc) is 2.79. The number of rotatable bonds is 4. The van der Waals surface area contributed by atoms with E-state index < -0.39 is 0 Å². The minimum atomic E-state index is -0.294. The van der Waals surface area contributed by atoms with Gasteiger partial charge in [-0.15, -0.1) is 0 Å². The number of H-pyrrole nitrogens is 1. The first-order valence-corrected chi connectivity index (χ1v) is 11.8. The van der Waals surface area contributed by atoms with E-state index in [1.807, 2.05) is 6.07 Å². The number of thioether (sulfide) groups is 1. The Labute approximate surface area is 206 Å². The van der Waals surface area contributed by atoms with Crippen molar-refractivity contribution in [2.45, 2.75) is 10.9 Å². The van der Waals surface area contributed by atoms with Gasteiger partial charge in [-0.1, -0.05) is 64.8 Å². The summed E-state index contributed by atoms with van der Waals surface area (Å²) in [7, 11) is 0. The first-order valence-electron chi connectivity index (χ1n) is 9.70. The van der Waals surface area contributed by atoms with Gasteiger partial charge >= 0.3 is 0 Å². The molecule has 0 aliphatic carbocycles. The van der Waals surface area contributed by atoms with Crippen LogP contribution in [0.3, 0.4) is 0 Å². The van der Waals surface area contributed by atoms with Crippen LogP contribution in [0.5, 0.6) is 0 Å². The molecule has 5 rings (SSSR count). The molecule has 0 aliphatic rings. The highest BCUT2D eigenvalue weighted by molar-refractivity contribution is 7.98. The van der Waals surface area contributed by atoms with E-state index in [9.17, 15) is 9.59 Å². The van der Waals surface area contributed by atoms with Crippen LogP contribution in [0.15, 0.2) is 75.4 Å². The Bertz CT molecular complexity index is 1650. The van der Waals surface area contributed by atoms with Crippen LogP contribution in [0.25, 0.3) is 27.5 Å². The van der Waals surface area contributed by atoms with Gasteiger partial charge in [0.1, 0.15) is 5.82 Å². The molecule has 2 aromatic heterocycles. The highest BCUT2D eigenvalue weighted by Gasteiger charge is 2.18. The molecule has 0 saturated heterocycles. The van der Waals surface area contributed by atoms with Gasteiger partial charge in [-0.25, -0.2) is 9.97 Å². The molecule has 0 atom stereocenters. The van der Waals surface area contributed by atoms with Gasteiger partial charge in [0.25, 0.3) is 11.1 Å². The number of benzene rings is 3. The normalized spacial score (nSPS) is 11.4. The fourth-order valence-electron chi connectivity index (χ4n) is 3.50. The average molecular weight is 516 g/mol. The summed E-state index contributed by atoms with van der Waals surface area (Å²) in [5, 5.41) is 2.37. The molecule has 0 bridgehead atoms. The predicted octanol–water partition coefficient (Wildman–Crippen LogP) is 5.87. The summed E-state index contributed by atoms with van der Waals surface area (Å²) in [5.41, 5.74) is 0.803. The van der Waals surface area contributed by atoms with Crippen molar-refractivity contribution in [2.75, 3.05) is 0 Å². The molecule has 0 fully saturated rings. The molecule has 33 heavy (non-hydrogen) atoms. The van der Waals surface area contributed by atoms with Crippen LogP contribution in [0.2, 0.25) is 15.1 Å². The molecule has 0 amide bonds. The summed E-state index contributed by atoms with van der Waals surface area (Å²) in [4.78, 5) is 37.9. The zero-order valence-corrected chi connectivity index (χ0v) is 19.8. The van der Waals surface area contributed by atoms with Crippen LogP contribution >= 0.6 is 46.6 Å². The molecule has 0 spiro atoms. The maximum absolute atomic E-state index is 13.4. The lowest BCUT2D eigenvalue weighted by Gasteiger charge is -2.16. The highest BCUT2D eigenvalue weighted by atomic mass is 35.5. The molecule has 10 heteroatoms. The standard InChI is InChI=1S/C23H13Cl3N4O2S/c24-12-8-9-13-18(10-12)28-23(29-21(13)31)33-11-19-27-17-7-2-1-4-14(17)22(32)30(19)20-15(25)5-3-6-16(20)26/h1-10H,11H2,(H,28,29,31). The Kier molecular flexibility index (Phi) is 5.88. The number of hydrogen-bond donors (Lipinski definition) is 1. The lowest BCUT2D eigenvalue weighted by Crippen LogP contribution is -2.24.